The van der Waals surface area contributed by atoms with Crippen LogP contribution >= 0.6 is 0 Å². The van der Waals surface area contributed by atoms with E-state index >= 15 is 0 Å². The average Bonchev–Trinajstić information content (AvgIpc) is 2.68. The van der Waals surface area contributed by atoms with Crippen LogP contribution in [0.4, 0.5) is 0 Å². The van der Waals surface area contributed by atoms with Crippen molar-refractivity contribution in [2.45, 2.75) is 31.8 Å². The number of amides is 1. The zero-order valence-electron chi connectivity index (χ0n) is 9.73. The lowest BCUT2D eigenvalue weighted by Gasteiger charge is -2.30. The van der Waals surface area contributed by atoms with Gasteiger partial charge in [-0.25, -0.2) is 0 Å². The molecule has 2 unspecified atom stereocenters. The minimum atomic E-state index is -0.0337. The number of carbonyl (C=O) groups excluding carboxylic acids is 1. The van der Waals surface area contributed by atoms with Gasteiger partial charge in [0.2, 0.25) is 0 Å². The van der Waals surface area contributed by atoms with E-state index in [1.807, 2.05) is 7.05 Å². The van der Waals surface area contributed by atoms with Gasteiger partial charge in [-0.1, -0.05) is 0 Å². The Balaban J connectivity index is 1.96. The summed E-state index contributed by atoms with van der Waals surface area (Å²) < 4.78 is 1.64. The third-order valence-corrected chi connectivity index (χ3v) is 3.05. The molecule has 1 aliphatic heterocycles. The quantitative estimate of drug-likeness (QED) is 0.756. The number of rotatable bonds is 2. The smallest absolute Gasteiger partial charge is 0.254 e. The molecule has 16 heavy (non-hydrogen) atoms. The molecule has 5 nitrogen and oxygen atoms in total. The number of nitrogens with zero attached hydrogens (tertiary/aromatic N) is 2. The van der Waals surface area contributed by atoms with Gasteiger partial charge >= 0.3 is 0 Å². The van der Waals surface area contributed by atoms with Crippen molar-refractivity contribution in [1.29, 1.82) is 0 Å². The van der Waals surface area contributed by atoms with E-state index in [2.05, 4.69) is 22.7 Å². The van der Waals surface area contributed by atoms with Gasteiger partial charge < -0.3 is 10.6 Å². The van der Waals surface area contributed by atoms with Gasteiger partial charge in [0.25, 0.3) is 5.91 Å². The molecule has 0 aliphatic carbocycles. The molecule has 88 valence electrons. The Morgan fingerprint density at radius 1 is 1.69 bits per heavy atom. The number of hydrogen-bond acceptors (Lipinski definition) is 3. The second kappa shape index (κ2) is 4.65. The van der Waals surface area contributed by atoms with E-state index in [0.29, 0.717) is 11.6 Å². The van der Waals surface area contributed by atoms with Gasteiger partial charge in [-0.15, -0.1) is 0 Å². The normalized spacial score (nSPS) is 25.4. The topological polar surface area (TPSA) is 58.9 Å². The van der Waals surface area contributed by atoms with Gasteiger partial charge in [0.15, 0.2) is 0 Å². The molecule has 2 atom stereocenters. The molecule has 5 heteroatoms. The Hall–Kier alpha value is -1.36. The number of aryl methyl sites for hydroxylation is 1. The molecule has 0 saturated carbocycles. The summed E-state index contributed by atoms with van der Waals surface area (Å²) >= 11 is 0. The van der Waals surface area contributed by atoms with E-state index in [1.165, 1.54) is 0 Å². The van der Waals surface area contributed by atoms with Crippen LogP contribution in [-0.2, 0) is 7.05 Å². The largest absolute Gasteiger partial charge is 0.348 e. The van der Waals surface area contributed by atoms with Crippen molar-refractivity contribution < 1.29 is 4.79 Å². The van der Waals surface area contributed by atoms with E-state index in [1.54, 1.807) is 17.1 Å². The summed E-state index contributed by atoms with van der Waals surface area (Å²) in [5.41, 5.74) is 0.625. The van der Waals surface area contributed by atoms with E-state index < -0.39 is 0 Å². The first-order valence-corrected chi connectivity index (χ1v) is 5.69. The fraction of sp³-hybridized carbons (Fsp3) is 0.636. The fourth-order valence-electron chi connectivity index (χ4n) is 2.03. The van der Waals surface area contributed by atoms with Crippen LogP contribution in [0.2, 0.25) is 0 Å². The lowest BCUT2D eigenvalue weighted by atomic mass is 10.00. The van der Waals surface area contributed by atoms with Crippen LogP contribution in [-0.4, -0.2) is 34.3 Å². The molecule has 2 N–H and O–H groups in total. The van der Waals surface area contributed by atoms with Gasteiger partial charge in [0, 0.05) is 25.3 Å². The Morgan fingerprint density at radius 3 is 3.12 bits per heavy atom. The highest BCUT2D eigenvalue weighted by Gasteiger charge is 2.23. The second-order valence-corrected chi connectivity index (χ2v) is 4.37. The third-order valence-electron chi connectivity index (χ3n) is 3.05. The Kier molecular flexibility index (Phi) is 3.24. The lowest BCUT2D eigenvalue weighted by molar-refractivity contribution is 0.0920. The first-order chi connectivity index (χ1) is 7.66. The lowest BCUT2D eigenvalue weighted by Crippen LogP contribution is -2.51. The summed E-state index contributed by atoms with van der Waals surface area (Å²) in [7, 11) is 1.81. The van der Waals surface area contributed by atoms with Crippen molar-refractivity contribution in [2.24, 2.45) is 7.05 Å². The first kappa shape index (κ1) is 11.1. The summed E-state index contributed by atoms with van der Waals surface area (Å²) in [6.45, 7) is 3.15. The SMILES string of the molecule is CC1NCCCC1NC(=O)c1cnn(C)c1. The molecule has 1 aromatic heterocycles. The van der Waals surface area contributed by atoms with Gasteiger partial charge in [-0.05, 0) is 26.3 Å². The van der Waals surface area contributed by atoms with Crippen molar-refractivity contribution in [3.8, 4) is 0 Å². The maximum absolute atomic E-state index is 11.9. The van der Waals surface area contributed by atoms with Crippen molar-refractivity contribution >= 4 is 5.91 Å². The van der Waals surface area contributed by atoms with E-state index in [4.69, 9.17) is 0 Å². The van der Waals surface area contributed by atoms with Crippen LogP contribution in [0, 0.1) is 0 Å². The molecular weight excluding hydrogens is 204 g/mol. The molecule has 2 rings (SSSR count). The molecule has 0 bridgehead atoms. The summed E-state index contributed by atoms with van der Waals surface area (Å²) in [4.78, 5) is 11.9. The predicted octanol–water partition coefficient (Wildman–Crippen LogP) is 0.290. The summed E-state index contributed by atoms with van der Waals surface area (Å²) in [6.07, 6.45) is 5.48. The highest BCUT2D eigenvalue weighted by Crippen LogP contribution is 2.09. The monoisotopic (exact) mass is 222 g/mol. The molecule has 1 saturated heterocycles. The van der Waals surface area contributed by atoms with Crippen LogP contribution in [0.15, 0.2) is 12.4 Å². The molecule has 2 heterocycles. The molecule has 0 radical (unpaired) electrons. The number of piperidine rings is 1. The number of hydrogen-bond donors (Lipinski definition) is 2. The van der Waals surface area contributed by atoms with E-state index in [0.717, 1.165) is 19.4 Å². The van der Waals surface area contributed by atoms with Gasteiger partial charge in [-0.2, -0.15) is 5.10 Å². The van der Waals surface area contributed by atoms with Gasteiger partial charge in [-0.3, -0.25) is 9.48 Å². The molecule has 1 aliphatic rings. The van der Waals surface area contributed by atoms with Gasteiger partial charge in [0.1, 0.15) is 0 Å². The second-order valence-electron chi connectivity index (χ2n) is 4.37. The molecule has 0 spiro atoms. The summed E-state index contributed by atoms with van der Waals surface area (Å²) in [5.74, 6) is -0.0337. The maximum Gasteiger partial charge on any atom is 0.254 e. The van der Waals surface area contributed by atoms with Crippen molar-refractivity contribution in [3.05, 3.63) is 18.0 Å². The van der Waals surface area contributed by atoms with E-state index in [-0.39, 0.29) is 11.9 Å². The highest BCUT2D eigenvalue weighted by molar-refractivity contribution is 5.93. The number of nitrogens with one attached hydrogen (secondary N) is 2. The first-order valence-electron chi connectivity index (χ1n) is 5.69. The van der Waals surface area contributed by atoms with Gasteiger partial charge in [0.05, 0.1) is 11.8 Å². The minimum Gasteiger partial charge on any atom is -0.348 e. The van der Waals surface area contributed by atoms with Crippen LogP contribution in [0.3, 0.4) is 0 Å². The van der Waals surface area contributed by atoms with Crippen LogP contribution in [0.25, 0.3) is 0 Å². The summed E-state index contributed by atoms with van der Waals surface area (Å²) in [5, 5.41) is 10.4. The standard InChI is InChI=1S/C11H18N4O/c1-8-10(4-3-5-12-8)14-11(16)9-6-13-15(2)7-9/h6-8,10,12H,3-5H2,1-2H3,(H,14,16). The Labute approximate surface area is 95.2 Å². The Morgan fingerprint density at radius 2 is 2.50 bits per heavy atom. The molecular formula is C11H18N4O. The summed E-state index contributed by atoms with van der Waals surface area (Å²) in [6, 6.07) is 0.566. The molecule has 1 aromatic rings. The zero-order valence-corrected chi connectivity index (χ0v) is 9.73. The van der Waals surface area contributed by atoms with Crippen LogP contribution in [0.1, 0.15) is 30.1 Å². The van der Waals surface area contributed by atoms with Crippen LogP contribution < -0.4 is 10.6 Å². The number of aromatic nitrogens is 2. The van der Waals surface area contributed by atoms with Crippen LogP contribution in [0.5, 0.6) is 0 Å². The van der Waals surface area contributed by atoms with Crippen molar-refractivity contribution in [2.75, 3.05) is 6.54 Å². The fourth-order valence-corrected chi connectivity index (χ4v) is 2.03. The van der Waals surface area contributed by atoms with Crippen molar-refractivity contribution in [1.82, 2.24) is 20.4 Å². The predicted molar refractivity (Wildman–Crippen MR) is 61.2 cm³/mol. The maximum atomic E-state index is 11.9. The van der Waals surface area contributed by atoms with Crippen molar-refractivity contribution in [3.63, 3.8) is 0 Å². The zero-order chi connectivity index (χ0) is 11.5. The Bertz CT molecular complexity index is 374. The molecule has 1 amide bonds. The third kappa shape index (κ3) is 2.41. The average molecular weight is 222 g/mol. The van der Waals surface area contributed by atoms with E-state index in [9.17, 15) is 4.79 Å². The molecule has 1 fully saturated rings. The number of carbonyl (C=O) groups is 1. The minimum absolute atomic E-state index is 0.0337. The molecule has 0 aromatic carbocycles. The highest BCUT2D eigenvalue weighted by atomic mass is 16.1.